The third kappa shape index (κ3) is 2.34. The van der Waals surface area contributed by atoms with Crippen LogP contribution in [-0.2, 0) is 0 Å². The van der Waals surface area contributed by atoms with E-state index in [2.05, 4.69) is 10.1 Å². The van der Waals surface area contributed by atoms with E-state index in [-0.39, 0.29) is 25.8 Å². The minimum absolute atomic E-state index is 0.113. The summed E-state index contributed by atoms with van der Waals surface area (Å²) in [5.41, 5.74) is -0.725. The van der Waals surface area contributed by atoms with Crippen molar-refractivity contribution in [3.63, 3.8) is 0 Å². The van der Waals surface area contributed by atoms with Crippen LogP contribution in [0.2, 0.25) is 5.02 Å². The molecule has 0 fully saturated rings. The van der Waals surface area contributed by atoms with E-state index in [4.69, 9.17) is 11.6 Å². The molecule has 0 aliphatic rings. The van der Waals surface area contributed by atoms with E-state index in [1.54, 1.807) is 0 Å². The van der Waals surface area contributed by atoms with Crippen molar-refractivity contribution in [2.24, 2.45) is 0 Å². The van der Waals surface area contributed by atoms with Crippen molar-refractivity contribution in [1.82, 2.24) is 14.6 Å². The van der Waals surface area contributed by atoms with Gasteiger partial charge in [0.15, 0.2) is 0 Å². The van der Waals surface area contributed by atoms with Crippen LogP contribution in [-0.4, -0.2) is 14.6 Å². The first kappa shape index (κ1) is 13.8. The van der Waals surface area contributed by atoms with Gasteiger partial charge in [0.2, 0.25) is 4.96 Å². The lowest BCUT2D eigenvalue weighted by molar-refractivity contribution is 0.625. The highest BCUT2D eigenvalue weighted by molar-refractivity contribution is 7.15. The second-order valence-electron chi connectivity index (χ2n) is 4.25. The lowest BCUT2D eigenvalue weighted by Crippen LogP contribution is -2.27. The molecule has 3 rings (SSSR count). The zero-order chi connectivity index (χ0) is 15.1. The van der Waals surface area contributed by atoms with Crippen LogP contribution in [0.15, 0.2) is 27.8 Å². The summed E-state index contributed by atoms with van der Waals surface area (Å²) in [4.78, 5) is 27.6. The highest BCUT2D eigenvalue weighted by Gasteiger charge is 2.10. The lowest BCUT2D eigenvalue weighted by atomic mass is 10.2. The van der Waals surface area contributed by atoms with E-state index in [0.717, 1.165) is 15.9 Å². The molecule has 1 aromatic carbocycles. The van der Waals surface area contributed by atoms with Gasteiger partial charge in [-0.15, -0.1) is 0 Å². The third-order valence-electron chi connectivity index (χ3n) is 2.82. The minimum atomic E-state index is -0.536. The standard InChI is InChI=1S/C13H7ClFN3O2S/c1-6-11(19)16-13-18(17-6)12(20)10(21-13)5-7-8(14)3-2-4-9(7)15/h2-5H,1H3. The van der Waals surface area contributed by atoms with E-state index in [0.29, 0.717) is 0 Å². The quantitative estimate of drug-likeness (QED) is 0.674. The fourth-order valence-electron chi connectivity index (χ4n) is 1.77. The summed E-state index contributed by atoms with van der Waals surface area (Å²) in [6, 6.07) is 4.25. The maximum absolute atomic E-state index is 13.8. The van der Waals surface area contributed by atoms with E-state index in [1.807, 2.05) is 0 Å². The second-order valence-corrected chi connectivity index (χ2v) is 5.66. The third-order valence-corrected chi connectivity index (χ3v) is 4.11. The summed E-state index contributed by atoms with van der Waals surface area (Å²) >= 11 is 6.88. The van der Waals surface area contributed by atoms with Gasteiger partial charge in [-0.25, -0.2) is 4.39 Å². The molecule has 0 atom stereocenters. The molecule has 0 aliphatic carbocycles. The zero-order valence-corrected chi connectivity index (χ0v) is 12.2. The molecular weight excluding hydrogens is 317 g/mol. The Bertz CT molecular complexity index is 1010. The second kappa shape index (κ2) is 5.01. The maximum atomic E-state index is 13.8. The van der Waals surface area contributed by atoms with Gasteiger partial charge in [0, 0.05) is 5.56 Å². The molecule has 0 spiro atoms. The molecule has 2 aromatic heterocycles. The van der Waals surface area contributed by atoms with Crippen molar-refractivity contribution in [2.75, 3.05) is 0 Å². The van der Waals surface area contributed by atoms with Crippen molar-refractivity contribution in [3.8, 4) is 0 Å². The highest BCUT2D eigenvalue weighted by atomic mass is 35.5. The molecule has 0 aliphatic heterocycles. The average Bonchev–Trinajstić information content (AvgIpc) is 2.72. The summed E-state index contributed by atoms with van der Waals surface area (Å²) in [7, 11) is 0. The van der Waals surface area contributed by atoms with Crippen LogP contribution >= 0.6 is 22.9 Å². The Morgan fingerprint density at radius 3 is 2.86 bits per heavy atom. The van der Waals surface area contributed by atoms with Crippen LogP contribution in [0.5, 0.6) is 0 Å². The summed E-state index contributed by atoms with van der Waals surface area (Å²) in [5, 5.41) is 4.07. The Morgan fingerprint density at radius 1 is 1.38 bits per heavy atom. The number of hydrogen-bond donors (Lipinski definition) is 0. The first-order valence-corrected chi connectivity index (χ1v) is 7.03. The molecule has 0 N–H and O–H groups in total. The minimum Gasteiger partial charge on any atom is -0.266 e. The van der Waals surface area contributed by atoms with Crippen LogP contribution in [0.4, 0.5) is 4.39 Å². The van der Waals surface area contributed by atoms with Gasteiger partial charge in [-0.1, -0.05) is 29.0 Å². The number of benzene rings is 1. The van der Waals surface area contributed by atoms with Gasteiger partial charge < -0.3 is 0 Å². The molecule has 0 amide bonds. The number of hydrogen-bond acceptors (Lipinski definition) is 5. The molecule has 3 aromatic rings. The highest BCUT2D eigenvalue weighted by Crippen LogP contribution is 2.19. The fraction of sp³-hybridized carbons (Fsp3) is 0.0769. The molecule has 106 valence electrons. The Kier molecular flexibility index (Phi) is 3.30. The van der Waals surface area contributed by atoms with Crippen molar-refractivity contribution in [3.05, 3.63) is 65.5 Å². The molecule has 0 saturated carbocycles. The summed E-state index contributed by atoms with van der Waals surface area (Å²) in [6.45, 7) is 1.47. The Balaban J connectivity index is 2.36. The van der Waals surface area contributed by atoms with Crippen LogP contribution in [0, 0.1) is 12.7 Å². The summed E-state index contributed by atoms with van der Waals surface area (Å²) < 4.78 is 15.0. The zero-order valence-electron chi connectivity index (χ0n) is 10.6. The predicted octanol–water partition coefficient (Wildman–Crippen LogP) is 1.16. The Hall–Kier alpha value is -2.12. The Labute approximate surface area is 125 Å². The van der Waals surface area contributed by atoms with Gasteiger partial charge in [-0.2, -0.15) is 14.6 Å². The summed E-state index contributed by atoms with van der Waals surface area (Å²) in [6.07, 6.45) is 1.33. The molecule has 0 bridgehead atoms. The number of thiazole rings is 1. The fourth-order valence-corrected chi connectivity index (χ4v) is 2.87. The first-order chi connectivity index (χ1) is 9.97. The SMILES string of the molecule is Cc1nn2c(=O)c(=Cc3c(F)cccc3Cl)sc2nc1=O. The average molecular weight is 324 g/mol. The van der Waals surface area contributed by atoms with E-state index < -0.39 is 16.9 Å². The van der Waals surface area contributed by atoms with E-state index in [1.165, 1.54) is 31.2 Å². The molecule has 0 radical (unpaired) electrons. The number of halogens is 2. The van der Waals surface area contributed by atoms with Gasteiger partial charge in [0.25, 0.3) is 11.1 Å². The molecule has 8 heteroatoms. The van der Waals surface area contributed by atoms with Crippen LogP contribution < -0.4 is 15.7 Å². The van der Waals surface area contributed by atoms with Gasteiger partial charge in [0.05, 0.1) is 9.55 Å². The molecular formula is C13H7ClFN3O2S. The monoisotopic (exact) mass is 323 g/mol. The van der Waals surface area contributed by atoms with Gasteiger partial charge in [-0.3, -0.25) is 9.59 Å². The Morgan fingerprint density at radius 2 is 2.14 bits per heavy atom. The number of aromatic nitrogens is 3. The van der Waals surface area contributed by atoms with E-state index in [9.17, 15) is 14.0 Å². The normalized spacial score (nSPS) is 12.2. The van der Waals surface area contributed by atoms with Crippen molar-refractivity contribution in [1.29, 1.82) is 0 Å². The van der Waals surface area contributed by atoms with Gasteiger partial charge in [-0.05, 0) is 25.1 Å². The summed E-state index contributed by atoms with van der Waals surface area (Å²) in [5.74, 6) is -0.536. The lowest BCUT2D eigenvalue weighted by Gasteiger charge is -1.97. The maximum Gasteiger partial charge on any atom is 0.295 e. The van der Waals surface area contributed by atoms with Crippen molar-refractivity contribution >= 4 is 34.0 Å². The molecule has 2 heterocycles. The molecule has 0 unspecified atom stereocenters. The van der Waals surface area contributed by atoms with Crippen LogP contribution in [0.1, 0.15) is 11.3 Å². The number of nitrogens with zero attached hydrogens (tertiary/aromatic N) is 3. The van der Waals surface area contributed by atoms with Crippen molar-refractivity contribution in [2.45, 2.75) is 6.92 Å². The van der Waals surface area contributed by atoms with Gasteiger partial charge in [0.1, 0.15) is 11.5 Å². The van der Waals surface area contributed by atoms with Gasteiger partial charge >= 0.3 is 0 Å². The van der Waals surface area contributed by atoms with Crippen molar-refractivity contribution < 1.29 is 4.39 Å². The van der Waals surface area contributed by atoms with Crippen LogP contribution in [0.25, 0.3) is 11.0 Å². The number of rotatable bonds is 1. The predicted molar refractivity (Wildman–Crippen MR) is 78.3 cm³/mol. The topological polar surface area (TPSA) is 64.3 Å². The van der Waals surface area contributed by atoms with E-state index >= 15 is 0 Å². The smallest absolute Gasteiger partial charge is 0.266 e. The van der Waals surface area contributed by atoms with Crippen LogP contribution in [0.3, 0.4) is 0 Å². The number of aryl methyl sites for hydroxylation is 1. The molecule has 0 saturated heterocycles. The largest absolute Gasteiger partial charge is 0.295 e. The first-order valence-electron chi connectivity index (χ1n) is 5.83. The number of fused-ring (bicyclic) bond motifs is 1. The molecule has 5 nitrogen and oxygen atoms in total. The molecule has 21 heavy (non-hydrogen) atoms.